The molecule has 0 spiro atoms. The lowest BCUT2D eigenvalue weighted by Crippen LogP contribution is -2.47. The smallest absolute Gasteiger partial charge is 0.327 e. The lowest BCUT2D eigenvalue weighted by molar-refractivity contribution is -0.139. The maximum absolute atomic E-state index is 13.1. The molecule has 0 aromatic heterocycles. The molecule has 6 nitrogen and oxygen atoms in total. The number of carboxylic acid groups (broad SMARTS) is 1. The number of benzene rings is 3. The van der Waals surface area contributed by atoms with Crippen molar-refractivity contribution in [2.45, 2.75) is 12.5 Å². The van der Waals surface area contributed by atoms with E-state index in [0.29, 0.717) is 22.5 Å². The predicted octanol–water partition coefficient (Wildman–Crippen LogP) is 4.10. The van der Waals surface area contributed by atoms with Gasteiger partial charge in [-0.15, -0.1) is 0 Å². The van der Waals surface area contributed by atoms with E-state index in [2.05, 4.69) is 5.32 Å². The number of aliphatic carboxylic acids is 1. The van der Waals surface area contributed by atoms with Crippen molar-refractivity contribution < 1.29 is 14.7 Å². The van der Waals surface area contributed by atoms with E-state index in [-0.39, 0.29) is 6.42 Å². The summed E-state index contributed by atoms with van der Waals surface area (Å²) < 4.78 is 0. The van der Waals surface area contributed by atoms with Crippen LogP contribution < -0.4 is 10.2 Å². The number of amides is 2. The van der Waals surface area contributed by atoms with Crippen molar-refractivity contribution in [1.29, 1.82) is 5.26 Å². The van der Waals surface area contributed by atoms with Crippen molar-refractivity contribution in [1.82, 2.24) is 5.32 Å². The molecule has 3 aromatic carbocycles. The second-order valence-corrected chi connectivity index (χ2v) is 6.36. The van der Waals surface area contributed by atoms with Crippen LogP contribution in [0.4, 0.5) is 16.2 Å². The molecule has 29 heavy (non-hydrogen) atoms. The van der Waals surface area contributed by atoms with E-state index < -0.39 is 18.0 Å². The fourth-order valence-electron chi connectivity index (χ4n) is 2.95. The molecule has 0 bridgehead atoms. The van der Waals surface area contributed by atoms with Gasteiger partial charge in [-0.2, -0.15) is 5.26 Å². The lowest BCUT2D eigenvalue weighted by atomic mass is 10.0. The van der Waals surface area contributed by atoms with E-state index in [9.17, 15) is 14.7 Å². The van der Waals surface area contributed by atoms with Crippen LogP contribution in [0.25, 0.3) is 0 Å². The van der Waals surface area contributed by atoms with Gasteiger partial charge in [0.2, 0.25) is 0 Å². The van der Waals surface area contributed by atoms with Crippen LogP contribution in [0.15, 0.2) is 84.9 Å². The Kier molecular flexibility index (Phi) is 6.23. The molecule has 0 aliphatic carbocycles. The molecule has 0 radical (unpaired) electrons. The number of hydrogen-bond acceptors (Lipinski definition) is 3. The van der Waals surface area contributed by atoms with Crippen molar-refractivity contribution in [2.75, 3.05) is 4.90 Å². The van der Waals surface area contributed by atoms with Crippen LogP contribution in [-0.2, 0) is 11.2 Å². The Morgan fingerprint density at radius 3 is 2.03 bits per heavy atom. The first-order chi connectivity index (χ1) is 14.1. The maximum Gasteiger partial charge on any atom is 0.327 e. The highest BCUT2D eigenvalue weighted by Gasteiger charge is 2.25. The molecule has 0 aliphatic heterocycles. The Balaban J connectivity index is 1.86. The number of nitrogens with zero attached hydrogens (tertiary/aromatic N) is 2. The first-order valence-electron chi connectivity index (χ1n) is 9.01. The van der Waals surface area contributed by atoms with E-state index in [4.69, 9.17) is 5.26 Å². The summed E-state index contributed by atoms with van der Waals surface area (Å²) >= 11 is 0. The van der Waals surface area contributed by atoms with E-state index in [1.807, 2.05) is 18.2 Å². The van der Waals surface area contributed by atoms with E-state index in [1.165, 1.54) is 4.90 Å². The fraction of sp³-hybridized carbons (Fsp3) is 0.0870. The summed E-state index contributed by atoms with van der Waals surface area (Å²) in [6, 6.07) is 25.0. The molecule has 3 rings (SSSR count). The molecule has 0 saturated carbocycles. The molecule has 0 fully saturated rings. The SMILES string of the molecule is N#Cc1cccc(CC(NC(=O)N(c2ccccc2)c2ccccc2)C(=O)O)c1. The maximum atomic E-state index is 13.1. The molecule has 6 heteroatoms. The number of nitriles is 1. The van der Waals surface area contributed by atoms with Gasteiger partial charge in [-0.05, 0) is 42.0 Å². The van der Waals surface area contributed by atoms with Crippen LogP contribution in [0.5, 0.6) is 0 Å². The van der Waals surface area contributed by atoms with Gasteiger partial charge < -0.3 is 10.4 Å². The summed E-state index contributed by atoms with van der Waals surface area (Å²) in [6.07, 6.45) is 0.0635. The molecular weight excluding hydrogens is 366 g/mol. The van der Waals surface area contributed by atoms with Gasteiger partial charge in [-0.3, -0.25) is 4.90 Å². The number of carbonyl (C=O) groups excluding carboxylic acids is 1. The largest absolute Gasteiger partial charge is 0.480 e. The van der Waals surface area contributed by atoms with Gasteiger partial charge in [-0.1, -0.05) is 48.5 Å². The second-order valence-electron chi connectivity index (χ2n) is 6.36. The lowest BCUT2D eigenvalue weighted by Gasteiger charge is -2.25. The van der Waals surface area contributed by atoms with Crippen LogP contribution in [0.3, 0.4) is 0 Å². The average Bonchev–Trinajstić information content (AvgIpc) is 2.75. The quantitative estimate of drug-likeness (QED) is 0.668. The highest BCUT2D eigenvalue weighted by molar-refractivity contribution is 6.00. The third-order valence-electron chi connectivity index (χ3n) is 4.32. The Bertz CT molecular complexity index is 990. The van der Waals surface area contributed by atoms with Crippen LogP contribution in [0.1, 0.15) is 11.1 Å². The first-order valence-corrected chi connectivity index (χ1v) is 9.01. The van der Waals surface area contributed by atoms with Crippen LogP contribution in [-0.4, -0.2) is 23.1 Å². The van der Waals surface area contributed by atoms with Gasteiger partial charge in [0.1, 0.15) is 6.04 Å². The summed E-state index contributed by atoms with van der Waals surface area (Å²) in [4.78, 5) is 26.3. The van der Waals surface area contributed by atoms with E-state index >= 15 is 0 Å². The number of nitrogens with one attached hydrogen (secondary N) is 1. The van der Waals surface area contributed by atoms with Crippen LogP contribution in [0, 0.1) is 11.3 Å². The zero-order valence-corrected chi connectivity index (χ0v) is 15.5. The second kappa shape index (κ2) is 9.20. The summed E-state index contributed by atoms with van der Waals surface area (Å²) in [5.41, 5.74) is 2.33. The third-order valence-corrected chi connectivity index (χ3v) is 4.32. The van der Waals surface area contributed by atoms with E-state index in [1.54, 1.807) is 72.8 Å². The van der Waals surface area contributed by atoms with Gasteiger partial charge in [0, 0.05) is 6.42 Å². The molecule has 144 valence electrons. The van der Waals surface area contributed by atoms with Gasteiger partial charge in [0.15, 0.2) is 0 Å². The molecule has 3 aromatic rings. The molecule has 0 saturated heterocycles. The molecular formula is C23H19N3O3. The molecule has 0 aliphatic rings. The van der Waals surface area contributed by atoms with Crippen LogP contribution in [0.2, 0.25) is 0 Å². The van der Waals surface area contributed by atoms with Crippen LogP contribution >= 0.6 is 0 Å². The predicted molar refractivity (Wildman–Crippen MR) is 110 cm³/mol. The number of urea groups is 1. The first kappa shape index (κ1) is 19.6. The minimum atomic E-state index is -1.15. The Morgan fingerprint density at radius 2 is 1.52 bits per heavy atom. The molecule has 1 unspecified atom stereocenters. The van der Waals surface area contributed by atoms with Crippen molar-refractivity contribution >= 4 is 23.4 Å². The van der Waals surface area contributed by atoms with Crippen molar-refractivity contribution in [3.8, 4) is 6.07 Å². The van der Waals surface area contributed by atoms with Gasteiger partial charge in [0.25, 0.3) is 0 Å². The molecule has 2 amide bonds. The summed E-state index contributed by atoms with van der Waals surface area (Å²) in [7, 11) is 0. The summed E-state index contributed by atoms with van der Waals surface area (Å²) in [5, 5.41) is 21.3. The third kappa shape index (κ3) is 4.99. The van der Waals surface area contributed by atoms with E-state index in [0.717, 1.165) is 0 Å². The Labute approximate surface area is 168 Å². The zero-order valence-electron chi connectivity index (χ0n) is 15.5. The minimum Gasteiger partial charge on any atom is -0.480 e. The van der Waals surface area contributed by atoms with Gasteiger partial charge in [0.05, 0.1) is 23.0 Å². The number of para-hydroxylation sites is 2. The number of rotatable bonds is 6. The molecule has 2 N–H and O–H groups in total. The highest BCUT2D eigenvalue weighted by atomic mass is 16.4. The van der Waals surface area contributed by atoms with Crippen molar-refractivity contribution in [2.24, 2.45) is 0 Å². The normalized spacial score (nSPS) is 11.1. The fourth-order valence-corrected chi connectivity index (χ4v) is 2.95. The van der Waals surface area contributed by atoms with Gasteiger partial charge in [-0.25, -0.2) is 9.59 Å². The van der Waals surface area contributed by atoms with Crippen molar-refractivity contribution in [3.05, 3.63) is 96.1 Å². The minimum absolute atomic E-state index is 0.0635. The number of anilines is 2. The van der Waals surface area contributed by atoms with Crippen molar-refractivity contribution in [3.63, 3.8) is 0 Å². The Morgan fingerprint density at radius 1 is 0.931 bits per heavy atom. The Hall–Kier alpha value is -4.11. The molecule has 0 heterocycles. The standard InChI is InChI=1S/C23H19N3O3/c24-16-18-9-7-8-17(14-18)15-21(22(27)28)25-23(29)26(19-10-3-1-4-11-19)20-12-5-2-6-13-20/h1-14,21H,15H2,(H,25,29)(H,27,28). The highest BCUT2D eigenvalue weighted by Crippen LogP contribution is 2.25. The summed E-state index contributed by atoms with van der Waals surface area (Å²) in [6.45, 7) is 0. The monoisotopic (exact) mass is 385 g/mol. The molecule has 1 atom stereocenters. The number of hydrogen-bond donors (Lipinski definition) is 2. The number of carboxylic acids is 1. The zero-order chi connectivity index (χ0) is 20.6. The van der Waals surface area contributed by atoms with Gasteiger partial charge >= 0.3 is 12.0 Å². The summed E-state index contributed by atoms with van der Waals surface area (Å²) in [5.74, 6) is -1.15. The average molecular weight is 385 g/mol. The number of carbonyl (C=O) groups is 2. The topological polar surface area (TPSA) is 93.4 Å².